The number of piperazine rings is 1. The highest BCUT2D eigenvalue weighted by Crippen LogP contribution is 2.39. The van der Waals surface area contributed by atoms with Crippen LogP contribution in [0, 0.1) is 5.82 Å². The SMILES string of the molecule is CC(C)(C)OC(=O)N1CCN2C(=O)c3c(N4CCC(O)C4)nc(Cl)c(F)c3OC[C@H]2C1. The molecule has 0 saturated carbocycles. The van der Waals surface area contributed by atoms with Crippen molar-refractivity contribution < 1.29 is 28.6 Å². The van der Waals surface area contributed by atoms with E-state index in [1.807, 2.05) is 0 Å². The first-order valence-corrected chi connectivity index (χ1v) is 10.7. The Bertz CT molecular complexity index is 909. The van der Waals surface area contributed by atoms with E-state index in [2.05, 4.69) is 4.98 Å². The predicted molar refractivity (Wildman–Crippen MR) is 110 cm³/mol. The van der Waals surface area contributed by atoms with Crippen LogP contribution in [0.5, 0.6) is 5.75 Å². The summed E-state index contributed by atoms with van der Waals surface area (Å²) in [6.07, 6.45) is -0.519. The van der Waals surface area contributed by atoms with Gasteiger partial charge in [0.05, 0.1) is 12.1 Å². The first-order valence-electron chi connectivity index (χ1n) is 10.3. The van der Waals surface area contributed by atoms with Crippen molar-refractivity contribution in [2.45, 2.75) is 44.9 Å². The van der Waals surface area contributed by atoms with Gasteiger partial charge in [0.15, 0.2) is 10.9 Å². The monoisotopic (exact) mass is 456 g/mol. The number of aliphatic hydroxyl groups excluding tert-OH is 1. The van der Waals surface area contributed by atoms with Crippen LogP contribution in [0.3, 0.4) is 0 Å². The molecular weight excluding hydrogens is 431 g/mol. The molecule has 1 aromatic heterocycles. The fourth-order valence-electron chi connectivity index (χ4n) is 4.07. The van der Waals surface area contributed by atoms with E-state index in [0.29, 0.717) is 13.0 Å². The third-order valence-electron chi connectivity index (χ3n) is 5.53. The second kappa shape index (κ2) is 7.98. The van der Waals surface area contributed by atoms with Gasteiger partial charge >= 0.3 is 6.09 Å². The molecule has 2 amide bonds. The van der Waals surface area contributed by atoms with Gasteiger partial charge in [-0.05, 0) is 27.2 Å². The Hall–Kier alpha value is -2.33. The van der Waals surface area contributed by atoms with Gasteiger partial charge in [-0.1, -0.05) is 11.6 Å². The normalized spacial score (nSPS) is 23.8. The van der Waals surface area contributed by atoms with Gasteiger partial charge in [0.25, 0.3) is 5.91 Å². The van der Waals surface area contributed by atoms with Crippen LogP contribution in [0.25, 0.3) is 0 Å². The number of aromatic nitrogens is 1. The van der Waals surface area contributed by atoms with E-state index in [9.17, 15) is 19.1 Å². The maximum atomic E-state index is 14.8. The summed E-state index contributed by atoms with van der Waals surface area (Å²) < 4.78 is 26.0. The minimum absolute atomic E-state index is 0.00261. The van der Waals surface area contributed by atoms with E-state index in [0.717, 1.165) is 0 Å². The number of hydrogen-bond donors (Lipinski definition) is 1. The third-order valence-corrected chi connectivity index (χ3v) is 5.78. The van der Waals surface area contributed by atoms with Crippen molar-refractivity contribution in [3.8, 4) is 5.75 Å². The van der Waals surface area contributed by atoms with Crippen molar-refractivity contribution in [3.63, 3.8) is 0 Å². The molecule has 11 heteroatoms. The van der Waals surface area contributed by atoms with Gasteiger partial charge in [-0.2, -0.15) is 4.39 Å². The maximum Gasteiger partial charge on any atom is 0.410 e. The van der Waals surface area contributed by atoms with Gasteiger partial charge in [-0.25, -0.2) is 9.78 Å². The number of carbonyl (C=O) groups is 2. The summed E-state index contributed by atoms with van der Waals surface area (Å²) in [4.78, 5) is 34.9. The number of nitrogens with zero attached hydrogens (tertiary/aromatic N) is 4. The quantitative estimate of drug-likeness (QED) is 0.645. The van der Waals surface area contributed by atoms with Crippen LogP contribution in [-0.4, -0.2) is 89.0 Å². The molecule has 4 heterocycles. The first kappa shape index (κ1) is 21.9. The smallest absolute Gasteiger partial charge is 0.410 e. The molecule has 3 aliphatic rings. The summed E-state index contributed by atoms with van der Waals surface area (Å²) in [7, 11) is 0. The summed E-state index contributed by atoms with van der Waals surface area (Å²) in [5.74, 6) is -1.35. The molecule has 1 unspecified atom stereocenters. The zero-order chi connectivity index (χ0) is 22.5. The molecule has 2 atom stereocenters. The van der Waals surface area contributed by atoms with Crippen LogP contribution in [0.15, 0.2) is 0 Å². The lowest BCUT2D eigenvalue weighted by atomic mass is 10.1. The van der Waals surface area contributed by atoms with Crippen molar-refractivity contribution in [2.24, 2.45) is 0 Å². The molecule has 2 saturated heterocycles. The van der Waals surface area contributed by atoms with Gasteiger partial charge in [0.1, 0.15) is 23.6 Å². The number of pyridine rings is 1. The molecule has 0 bridgehead atoms. The van der Waals surface area contributed by atoms with E-state index < -0.39 is 40.7 Å². The summed E-state index contributed by atoms with van der Waals surface area (Å²) in [5.41, 5.74) is -0.634. The third kappa shape index (κ3) is 4.23. The highest BCUT2D eigenvalue weighted by atomic mass is 35.5. The van der Waals surface area contributed by atoms with Crippen LogP contribution in [0.1, 0.15) is 37.6 Å². The molecule has 0 aromatic carbocycles. The highest BCUT2D eigenvalue weighted by Gasteiger charge is 2.42. The predicted octanol–water partition coefficient (Wildman–Crippen LogP) is 1.90. The number of ether oxygens (including phenoxy) is 2. The van der Waals surface area contributed by atoms with E-state index >= 15 is 0 Å². The number of aliphatic hydroxyl groups is 1. The number of fused-ring (bicyclic) bond motifs is 2. The van der Waals surface area contributed by atoms with Crippen molar-refractivity contribution in [2.75, 3.05) is 44.2 Å². The largest absolute Gasteiger partial charge is 0.487 e. The van der Waals surface area contributed by atoms with Crippen LogP contribution in [-0.2, 0) is 4.74 Å². The molecule has 2 fully saturated rings. The molecule has 0 radical (unpaired) electrons. The van der Waals surface area contributed by atoms with Crippen LogP contribution >= 0.6 is 11.6 Å². The molecule has 1 aromatic rings. The second-order valence-corrected chi connectivity index (χ2v) is 9.38. The summed E-state index contributed by atoms with van der Waals surface area (Å²) in [6.45, 7) is 6.82. The van der Waals surface area contributed by atoms with Crippen molar-refractivity contribution >= 4 is 29.4 Å². The zero-order valence-electron chi connectivity index (χ0n) is 17.7. The topological polar surface area (TPSA) is 95.4 Å². The Morgan fingerprint density at radius 3 is 2.68 bits per heavy atom. The molecule has 31 heavy (non-hydrogen) atoms. The molecule has 170 valence electrons. The average Bonchev–Trinajstić information content (AvgIpc) is 3.06. The standard InChI is InChI=1S/C20H26ClFN4O5/c1-20(2,3)31-19(29)25-6-7-26-11(8-25)10-30-15-13(18(26)28)17(23-16(21)14(15)22)24-5-4-12(27)9-24/h11-12,27H,4-10H2,1-3H3/t11-,12?/m1/s1. The Labute approximate surface area is 184 Å². The Morgan fingerprint density at radius 2 is 2.03 bits per heavy atom. The van der Waals surface area contributed by atoms with Crippen LogP contribution < -0.4 is 9.64 Å². The maximum absolute atomic E-state index is 14.8. The first-order chi connectivity index (χ1) is 14.5. The van der Waals surface area contributed by atoms with Gasteiger partial charge in [0.2, 0.25) is 5.82 Å². The fraction of sp³-hybridized carbons (Fsp3) is 0.650. The van der Waals surface area contributed by atoms with Gasteiger partial charge < -0.3 is 29.3 Å². The second-order valence-electron chi connectivity index (χ2n) is 9.02. The van der Waals surface area contributed by atoms with E-state index in [1.54, 1.807) is 30.6 Å². The lowest BCUT2D eigenvalue weighted by Gasteiger charge is -2.40. The number of amides is 2. The number of hydrogen-bond acceptors (Lipinski definition) is 7. The Kier molecular flexibility index (Phi) is 5.63. The van der Waals surface area contributed by atoms with E-state index in [1.165, 1.54) is 4.90 Å². The van der Waals surface area contributed by atoms with Gasteiger partial charge in [-0.3, -0.25) is 4.79 Å². The molecule has 0 spiro atoms. The number of halogens is 2. The summed E-state index contributed by atoms with van der Waals surface area (Å²) in [5, 5.41) is 9.52. The fourth-order valence-corrected chi connectivity index (χ4v) is 4.24. The zero-order valence-corrected chi connectivity index (χ0v) is 18.5. The van der Waals surface area contributed by atoms with Crippen LogP contribution in [0.2, 0.25) is 5.15 Å². The summed E-state index contributed by atoms with van der Waals surface area (Å²) >= 11 is 6.00. The van der Waals surface area contributed by atoms with Gasteiger partial charge in [-0.15, -0.1) is 0 Å². The average molecular weight is 457 g/mol. The number of rotatable bonds is 1. The van der Waals surface area contributed by atoms with E-state index in [-0.39, 0.29) is 49.9 Å². The van der Waals surface area contributed by atoms with Crippen molar-refractivity contribution in [1.29, 1.82) is 0 Å². The Balaban J connectivity index is 1.63. The molecular formula is C20H26ClFN4O5. The molecule has 9 nitrogen and oxygen atoms in total. The highest BCUT2D eigenvalue weighted by molar-refractivity contribution is 6.30. The molecule has 4 rings (SSSR count). The minimum Gasteiger partial charge on any atom is -0.487 e. The summed E-state index contributed by atoms with van der Waals surface area (Å²) in [6, 6.07) is -0.476. The van der Waals surface area contributed by atoms with Crippen molar-refractivity contribution in [3.05, 3.63) is 16.5 Å². The van der Waals surface area contributed by atoms with Gasteiger partial charge in [0, 0.05) is 32.7 Å². The minimum atomic E-state index is -0.891. The lowest BCUT2D eigenvalue weighted by Crippen LogP contribution is -2.58. The molecule has 3 aliphatic heterocycles. The number of carbonyl (C=O) groups excluding carboxylic acids is 2. The Morgan fingerprint density at radius 1 is 1.29 bits per heavy atom. The lowest BCUT2D eigenvalue weighted by molar-refractivity contribution is 0.000866. The van der Waals surface area contributed by atoms with E-state index in [4.69, 9.17) is 21.1 Å². The van der Waals surface area contributed by atoms with Crippen LogP contribution in [0.4, 0.5) is 15.0 Å². The molecule has 0 aliphatic carbocycles. The molecule has 1 N–H and O–H groups in total. The number of β-amino-alcohol motifs (C(OH)–C–C–N with tert-alkyl or cyclic N) is 1. The van der Waals surface area contributed by atoms with Crippen molar-refractivity contribution in [1.82, 2.24) is 14.8 Å². The number of anilines is 1.